The summed E-state index contributed by atoms with van der Waals surface area (Å²) in [7, 11) is 0. The zero-order valence-corrected chi connectivity index (χ0v) is 28.2. The lowest BCUT2D eigenvalue weighted by Gasteiger charge is -2.25. The lowest BCUT2D eigenvalue weighted by molar-refractivity contribution is -0.137. The van der Waals surface area contributed by atoms with Crippen LogP contribution >= 0.6 is 24.0 Å². The Bertz CT molecular complexity index is 1760. The van der Waals surface area contributed by atoms with Crippen LogP contribution in [0.5, 0.6) is 0 Å². The standard InChI is InChI=1S/C41H40NO3S2/c43-39(44)22-23-42-40(45)38(47-41(42)46)26-29-19-21-35-34(32-12-7-13-33(32)37(35)25-29)20-18-27-14-16-28(17-15-27)24-36(30-8-3-1-4-9-30)31-10-5-2-6-11-31/h1-3,5,8,10,14-17,19,21,24-26,31-34H,4,7,9,11-13,18,20,22-23H2,(H,43,44)/q-1/b36-24+,38-26+. The van der Waals surface area contributed by atoms with E-state index < -0.39 is 5.97 Å². The normalized spacial score (nSPS) is 25.9. The van der Waals surface area contributed by atoms with Gasteiger partial charge in [-0.3, -0.25) is 20.6 Å². The molecule has 1 heterocycles. The zero-order chi connectivity index (χ0) is 32.3. The number of carbonyl (C=O) groups is 2. The second kappa shape index (κ2) is 14.2. The van der Waals surface area contributed by atoms with E-state index in [4.69, 9.17) is 17.3 Å². The third-order valence-electron chi connectivity index (χ3n) is 10.4. The largest absolute Gasteiger partial charge is 0.481 e. The fourth-order valence-electron chi connectivity index (χ4n) is 8.15. The summed E-state index contributed by atoms with van der Waals surface area (Å²) in [5.41, 5.74) is 9.47. The van der Waals surface area contributed by atoms with Gasteiger partial charge in [-0.2, -0.15) is 6.08 Å². The average molecular weight is 659 g/mol. The third kappa shape index (κ3) is 6.95. The first-order valence-corrected chi connectivity index (χ1v) is 18.2. The molecular formula is C41H40NO3S2-. The molecule has 2 aromatic rings. The third-order valence-corrected chi connectivity index (χ3v) is 11.8. The summed E-state index contributed by atoms with van der Waals surface area (Å²) in [6.45, 7) is 0.109. The Morgan fingerprint density at radius 2 is 1.94 bits per heavy atom. The van der Waals surface area contributed by atoms with Crippen molar-refractivity contribution >= 4 is 52.3 Å². The highest BCUT2D eigenvalue weighted by atomic mass is 32.2. The number of thioether (sulfide) groups is 1. The molecule has 1 saturated heterocycles. The van der Waals surface area contributed by atoms with Gasteiger partial charge >= 0.3 is 5.97 Å². The fourth-order valence-corrected chi connectivity index (χ4v) is 9.46. The Labute approximate surface area is 287 Å². The van der Waals surface area contributed by atoms with Gasteiger partial charge in [-0.05, 0) is 107 Å². The van der Waals surface area contributed by atoms with Gasteiger partial charge in [0.1, 0.15) is 4.32 Å². The first-order valence-electron chi connectivity index (χ1n) is 17.0. The molecule has 0 aromatic heterocycles. The van der Waals surface area contributed by atoms with Crippen molar-refractivity contribution in [3.05, 3.63) is 129 Å². The van der Waals surface area contributed by atoms with E-state index in [0.29, 0.717) is 32.9 Å². The van der Waals surface area contributed by atoms with Crippen molar-refractivity contribution in [1.82, 2.24) is 4.90 Å². The number of rotatable bonds is 10. The van der Waals surface area contributed by atoms with Crippen LogP contribution in [0.3, 0.4) is 0 Å². The lowest BCUT2D eigenvalue weighted by Crippen LogP contribution is -2.30. The molecule has 4 unspecified atom stereocenters. The maximum absolute atomic E-state index is 13.0. The van der Waals surface area contributed by atoms with Crippen LogP contribution in [0.15, 0.2) is 95.0 Å². The van der Waals surface area contributed by atoms with Crippen molar-refractivity contribution in [3.8, 4) is 0 Å². The highest BCUT2D eigenvalue weighted by Crippen LogP contribution is 2.56. The molecular weight excluding hydrogens is 619 g/mol. The molecule has 5 aliphatic rings. The van der Waals surface area contributed by atoms with Gasteiger partial charge in [-0.25, -0.2) is 12.2 Å². The van der Waals surface area contributed by atoms with Gasteiger partial charge in [0.05, 0.1) is 11.3 Å². The number of amides is 1. The predicted molar refractivity (Wildman–Crippen MR) is 196 cm³/mol. The number of hydrogen-bond donors (Lipinski definition) is 1. The number of carboxylic acid groups (broad SMARTS) is 1. The quantitative estimate of drug-likeness (QED) is 0.157. The van der Waals surface area contributed by atoms with Crippen LogP contribution < -0.4 is 0 Å². The van der Waals surface area contributed by atoms with Crippen LogP contribution in [0.4, 0.5) is 0 Å². The number of carbonyl (C=O) groups excluding carboxylic acids is 1. The van der Waals surface area contributed by atoms with Crippen LogP contribution in [0.25, 0.3) is 12.2 Å². The number of nitrogens with zero attached hydrogens (tertiary/aromatic N) is 1. The molecule has 1 saturated carbocycles. The van der Waals surface area contributed by atoms with Gasteiger partial charge in [0.15, 0.2) is 0 Å². The average Bonchev–Trinajstić information content (AvgIpc) is 3.76. The Balaban J connectivity index is 1.05. The van der Waals surface area contributed by atoms with E-state index in [1.54, 1.807) is 0 Å². The van der Waals surface area contributed by atoms with Gasteiger partial charge in [-0.15, -0.1) is 6.42 Å². The van der Waals surface area contributed by atoms with E-state index in [0.717, 1.165) is 37.7 Å². The Morgan fingerprint density at radius 3 is 2.70 bits per heavy atom. The van der Waals surface area contributed by atoms with Gasteiger partial charge in [0, 0.05) is 6.54 Å². The molecule has 4 nitrogen and oxygen atoms in total. The van der Waals surface area contributed by atoms with Crippen molar-refractivity contribution < 1.29 is 14.7 Å². The van der Waals surface area contributed by atoms with Gasteiger partial charge in [0.2, 0.25) is 0 Å². The summed E-state index contributed by atoms with van der Waals surface area (Å²) in [4.78, 5) is 26.0. The number of thiocarbonyl (C=S) groups is 1. The minimum atomic E-state index is -0.934. The molecule has 1 amide bonds. The van der Waals surface area contributed by atoms with E-state index in [-0.39, 0.29) is 18.9 Å². The van der Waals surface area contributed by atoms with Gasteiger partial charge in [-0.1, -0.05) is 97.2 Å². The summed E-state index contributed by atoms with van der Waals surface area (Å²) in [6, 6.07) is 16.0. The van der Waals surface area contributed by atoms with Crippen molar-refractivity contribution in [3.63, 3.8) is 0 Å². The lowest BCUT2D eigenvalue weighted by atomic mass is 9.83. The molecule has 0 bridgehead atoms. The van der Waals surface area contributed by atoms with Crippen molar-refractivity contribution in [2.75, 3.05) is 6.54 Å². The van der Waals surface area contributed by atoms with Crippen LogP contribution in [0, 0.1) is 17.9 Å². The molecule has 240 valence electrons. The molecule has 1 N–H and O–H groups in total. The van der Waals surface area contributed by atoms with E-state index in [9.17, 15) is 9.59 Å². The smallest absolute Gasteiger partial charge is 0.305 e. The summed E-state index contributed by atoms with van der Waals surface area (Å²) in [5, 5.41) is 9.05. The van der Waals surface area contributed by atoms with Crippen LogP contribution in [0.1, 0.15) is 91.0 Å². The number of fused-ring (bicyclic) bond motifs is 3. The molecule has 4 aliphatic carbocycles. The monoisotopic (exact) mass is 658 g/mol. The maximum Gasteiger partial charge on any atom is 0.305 e. The van der Waals surface area contributed by atoms with E-state index in [1.807, 2.05) is 12.2 Å². The molecule has 2 fully saturated rings. The van der Waals surface area contributed by atoms with E-state index in [2.05, 4.69) is 85.0 Å². The highest BCUT2D eigenvalue weighted by molar-refractivity contribution is 8.26. The number of carboxylic acids is 1. The van der Waals surface area contributed by atoms with E-state index in [1.165, 1.54) is 69.3 Å². The minimum Gasteiger partial charge on any atom is -0.481 e. The fraction of sp³-hybridized carbons (Fsp3) is 0.341. The second-order valence-corrected chi connectivity index (χ2v) is 15.0. The topological polar surface area (TPSA) is 57.6 Å². The zero-order valence-electron chi connectivity index (χ0n) is 26.6. The molecule has 7 rings (SSSR count). The molecule has 6 heteroatoms. The number of allylic oxidation sites excluding steroid dienone is 9. The van der Waals surface area contributed by atoms with Gasteiger partial charge in [0.25, 0.3) is 5.91 Å². The molecule has 4 atom stereocenters. The summed E-state index contributed by atoms with van der Waals surface area (Å²) in [5.74, 6) is 1.08. The number of hydrogen-bond acceptors (Lipinski definition) is 4. The first-order chi connectivity index (χ1) is 22.9. The predicted octanol–water partition coefficient (Wildman–Crippen LogP) is 9.57. The highest BCUT2D eigenvalue weighted by Gasteiger charge is 2.43. The summed E-state index contributed by atoms with van der Waals surface area (Å²) in [6.07, 6.45) is 29.9. The minimum absolute atomic E-state index is 0.109. The number of benzene rings is 2. The SMILES string of the molecule is O=C(O)CCN1C(=O)/C(=C\c2ccc3c(c2)C2CCCC2C3CCc2ccc(/C=C(\C3=CC=CCC3)C3C=CC=[C-]C3)cc2)SC1=S. The summed E-state index contributed by atoms with van der Waals surface area (Å²) >= 11 is 6.65. The van der Waals surface area contributed by atoms with Gasteiger partial charge < -0.3 is 5.11 Å². The first kappa shape index (κ1) is 31.8. The van der Waals surface area contributed by atoms with Crippen molar-refractivity contribution in [1.29, 1.82) is 0 Å². The maximum atomic E-state index is 13.0. The van der Waals surface area contributed by atoms with E-state index >= 15 is 0 Å². The van der Waals surface area contributed by atoms with Crippen LogP contribution in [-0.4, -0.2) is 32.7 Å². The summed E-state index contributed by atoms with van der Waals surface area (Å²) < 4.78 is 0.431. The Hall–Kier alpha value is -3.74. The van der Waals surface area contributed by atoms with Crippen molar-refractivity contribution in [2.24, 2.45) is 11.8 Å². The van der Waals surface area contributed by atoms with Crippen LogP contribution in [0.2, 0.25) is 0 Å². The number of aliphatic carboxylic acids is 1. The molecule has 47 heavy (non-hydrogen) atoms. The number of aryl methyl sites for hydroxylation is 1. The molecule has 2 aromatic carbocycles. The van der Waals surface area contributed by atoms with Crippen LogP contribution in [-0.2, 0) is 16.0 Å². The molecule has 1 aliphatic heterocycles. The second-order valence-electron chi connectivity index (χ2n) is 13.3. The van der Waals surface area contributed by atoms with Crippen molar-refractivity contribution in [2.45, 2.75) is 69.6 Å². The Kier molecular flexibility index (Phi) is 9.60. The molecule has 0 spiro atoms. The Morgan fingerprint density at radius 1 is 1.09 bits per heavy atom. The molecule has 0 radical (unpaired) electrons.